The topological polar surface area (TPSA) is 74.0 Å². The van der Waals surface area contributed by atoms with E-state index in [-0.39, 0.29) is 17.9 Å². The maximum Gasteiger partial charge on any atom is 0.253 e. The number of H-pyrrole nitrogens is 1. The van der Waals surface area contributed by atoms with Crippen molar-refractivity contribution in [2.24, 2.45) is 0 Å². The molecule has 2 amide bonds. The fraction of sp³-hybridized carbons (Fsp3) is 0.360. The average molecular weight is 440 g/mol. The van der Waals surface area contributed by atoms with Crippen molar-refractivity contribution in [3.05, 3.63) is 70.9 Å². The van der Waals surface area contributed by atoms with Crippen molar-refractivity contribution in [2.75, 3.05) is 0 Å². The van der Waals surface area contributed by atoms with Gasteiger partial charge >= 0.3 is 0 Å². The van der Waals surface area contributed by atoms with Crippen molar-refractivity contribution in [1.29, 1.82) is 0 Å². The largest absolute Gasteiger partial charge is 0.361 e. The zero-order chi connectivity index (χ0) is 22.2. The van der Waals surface area contributed by atoms with Gasteiger partial charge < -0.3 is 15.6 Å². The summed E-state index contributed by atoms with van der Waals surface area (Å²) >= 11 is 6.19. The number of carbonyl (C=O) groups excluding carboxylic acids is 2. The van der Waals surface area contributed by atoms with Crippen LogP contribution in [0.3, 0.4) is 0 Å². The molecule has 3 N–H and O–H groups in total. The predicted molar refractivity (Wildman–Crippen MR) is 126 cm³/mol. The lowest BCUT2D eigenvalue weighted by atomic mass is 10.0. The van der Waals surface area contributed by atoms with E-state index in [1.165, 1.54) is 0 Å². The maximum absolute atomic E-state index is 13.1. The number of aromatic nitrogens is 1. The fourth-order valence-corrected chi connectivity index (χ4v) is 3.95. The minimum Gasteiger partial charge on any atom is -0.361 e. The summed E-state index contributed by atoms with van der Waals surface area (Å²) in [6, 6.07) is 14.1. The molecule has 0 saturated carbocycles. The molecule has 6 heteroatoms. The lowest BCUT2D eigenvalue weighted by Crippen LogP contribution is -2.50. The molecule has 2 unspecified atom stereocenters. The molecular weight excluding hydrogens is 410 g/mol. The predicted octanol–water partition coefficient (Wildman–Crippen LogP) is 5.25. The van der Waals surface area contributed by atoms with Gasteiger partial charge in [0.1, 0.15) is 6.04 Å². The van der Waals surface area contributed by atoms with Gasteiger partial charge in [-0.3, -0.25) is 9.59 Å². The highest BCUT2D eigenvalue weighted by Gasteiger charge is 2.25. The summed E-state index contributed by atoms with van der Waals surface area (Å²) in [7, 11) is 0. The molecule has 0 spiro atoms. The van der Waals surface area contributed by atoms with Gasteiger partial charge in [0.05, 0.1) is 10.6 Å². The van der Waals surface area contributed by atoms with Crippen molar-refractivity contribution in [1.82, 2.24) is 15.6 Å². The summed E-state index contributed by atoms with van der Waals surface area (Å²) in [4.78, 5) is 29.3. The van der Waals surface area contributed by atoms with E-state index in [0.29, 0.717) is 17.0 Å². The normalized spacial score (nSPS) is 13.0. The van der Waals surface area contributed by atoms with Gasteiger partial charge in [0, 0.05) is 29.6 Å². The quantitative estimate of drug-likeness (QED) is 0.377. The molecule has 0 fully saturated rings. The van der Waals surface area contributed by atoms with Crippen LogP contribution in [0.1, 0.15) is 55.5 Å². The van der Waals surface area contributed by atoms with Crippen molar-refractivity contribution >= 4 is 34.3 Å². The highest BCUT2D eigenvalue weighted by molar-refractivity contribution is 6.33. The van der Waals surface area contributed by atoms with Gasteiger partial charge in [-0.05, 0) is 37.1 Å². The maximum atomic E-state index is 13.1. The van der Waals surface area contributed by atoms with Gasteiger partial charge in [-0.15, -0.1) is 0 Å². The Balaban J connectivity index is 1.78. The number of fused-ring (bicyclic) bond motifs is 1. The first-order valence-electron chi connectivity index (χ1n) is 10.9. The third-order valence-electron chi connectivity index (χ3n) is 5.47. The van der Waals surface area contributed by atoms with Gasteiger partial charge in [0.2, 0.25) is 5.91 Å². The average Bonchev–Trinajstić information content (AvgIpc) is 3.16. The number of hydrogen-bond donors (Lipinski definition) is 3. The third-order valence-corrected chi connectivity index (χ3v) is 5.80. The molecule has 0 aliphatic rings. The molecule has 2 atom stereocenters. The lowest BCUT2D eigenvalue weighted by molar-refractivity contribution is -0.123. The van der Waals surface area contributed by atoms with Crippen LogP contribution in [0.2, 0.25) is 5.02 Å². The molecule has 0 aliphatic heterocycles. The van der Waals surface area contributed by atoms with Crippen LogP contribution in [-0.2, 0) is 11.2 Å². The Bertz CT molecular complexity index is 1030. The van der Waals surface area contributed by atoms with E-state index < -0.39 is 6.04 Å². The van der Waals surface area contributed by atoms with E-state index >= 15 is 0 Å². The van der Waals surface area contributed by atoms with E-state index in [1.807, 2.05) is 37.4 Å². The SMILES string of the molecule is CCCCCC(C)NC(=O)C(Cc1c[nH]c2ccccc12)NC(=O)c1ccccc1Cl. The first-order chi connectivity index (χ1) is 15.0. The van der Waals surface area contributed by atoms with Gasteiger partial charge in [-0.1, -0.05) is 68.1 Å². The van der Waals surface area contributed by atoms with Crippen molar-refractivity contribution in [3.8, 4) is 0 Å². The third kappa shape index (κ3) is 6.11. The lowest BCUT2D eigenvalue weighted by Gasteiger charge is -2.22. The first kappa shape index (κ1) is 22.9. The Morgan fingerprint density at radius 3 is 2.55 bits per heavy atom. The Hall–Kier alpha value is -2.79. The van der Waals surface area contributed by atoms with Crippen LogP contribution in [0, 0.1) is 0 Å². The van der Waals surface area contributed by atoms with Crippen LogP contribution in [0.5, 0.6) is 0 Å². The molecule has 1 aromatic heterocycles. The zero-order valence-electron chi connectivity index (χ0n) is 18.1. The second-order valence-electron chi connectivity index (χ2n) is 7.97. The summed E-state index contributed by atoms with van der Waals surface area (Å²) in [5.74, 6) is -0.543. The Labute approximate surface area is 188 Å². The molecule has 3 rings (SSSR count). The number of benzene rings is 2. The Morgan fingerprint density at radius 2 is 1.77 bits per heavy atom. The van der Waals surface area contributed by atoms with E-state index in [9.17, 15) is 9.59 Å². The molecule has 0 bridgehead atoms. The van der Waals surface area contributed by atoms with Crippen molar-refractivity contribution < 1.29 is 9.59 Å². The molecule has 0 aliphatic carbocycles. The highest BCUT2D eigenvalue weighted by Crippen LogP contribution is 2.20. The monoisotopic (exact) mass is 439 g/mol. The zero-order valence-corrected chi connectivity index (χ0v) is 18.8. The number of nitrogens with one attached hydrogen (secondary N) is 3. The van der Waals surface area contributed by atoms with Crippen molar-refractivity contribution in [3.63, 3.8) is 0 Å². The summed E-state index contributed by atoms with van der Waals surface area (Å²) in [6.07, 6.45) is 6.54. The smallest absolute Gasteiger partial charge is 0.253 e. The standard InChI is InChI=1S/C25H30ClN3O2/c1-3-4-5-10-17(2)28-25(31)23(29-24(30)20-12-6-8-13-21(20)26)15-18-16-27-22-14-9-7-11-19(18)22/h6-9,11-14,16-17,23,27H,3-5,10,15H2,1-2H3,(H,28,31)(H,29,30). The van der Waals surface area contributed by atoms with Gasteiger partial charge in [0.15, 0.2) is 0 Å². The molecule has 1 heterocycles. The van der Waals surface area contributed by atoms with E-state index in [2.05, 4.69) is 22.5 Å². The highest BCUT2D eigenvalue weighted by atomic mass is 35.5. The van der Waals surface area contributed by atoms with Crippen LogP contribution in [0.15, 0.2) is 54.7 Å². The van der Waals surface area contributed by atoms with Crippen LogP contribution >= 0.6 is 11.6 Å². The van der Waals surface area contributed by atoms with Crippen LogP contribution in [0.4, 0.5) is 0 Å². The summed E-state index contributed by atoms with van der Waals surface area (Å²) in [5.41, 5.74) is 2.34. The van der Waals surface area contributed by atoms with E-state index in [0.717, 1.165) is 42.1 Å². The minimum atomic E-state index is -0.711. The number of hydrogen-bond acceptors (Lipinski definition) is 2. The molecule has 164 valence electrons. The number of halogens is 1. The number of para-hydroxylation sites is 1. The molecule has 0 radical (unpaired) electrons. The van der Waals surface area contributed by atoms with Crippen LogP contribution in [0.25, 0.3) is 10.9 Å². The molecular formula is C25H30ClN3O2. The van der Waals surface area contributed by atoms with Crippen LogP contribution in [-0.4, -0.2) is 28.9 Å². The van der Waals surface area contributed by atoms with Crippen LogP contribution < -0.4 is 10.6 Å². The van der Waals surface area contributed by atoms with Crippen molar-refractivity contribution in [2.45, 2.75) is 58.0 Å². The Morgan fingerprint density at radius 1 is 1.03 bits per heavy atom. The Kier molecular flexibility index (Phi) is 8.13. The molecule has 31 heavy (non-hydrogen) atoms. The van der Waals surface area contributed by atoms with E-state index in [4.69, 9.17) is 11.6 Å². The molecule has 5 nitrogen and oxygen atoms in total. The summed E-state index contributed by atoms with van der Waals surface area (Å²) in [5, 5.41) is 7.38. The summed E-state index contributed by atoms with van der Waals surface area (Å²) in [6.45, 7) is 4.16. The first-order valence-corrected chi connectivity index (χ1v) is 11.3. The number of amides is 2. The molecule has 2 aromatic carbocycles. The number of rotatable bonds is 10. The number of carbonyl (C=O) groups is 2. The fourth-order valence-electron chi connectivity index (χ4n) is 3.73. The van der Waals surface area contributed by atoms with Gasteiger partial charge in [0.25, 0.3) is 5.91 Å². The number of unbranched alkanes of at least 4 members (excludes halogenated alkanes) is 2. The molecule has 0 saturated heterocycles. The van der Waals surface area contributed by atoms with E-state index in [1.54, 1.807) is 24.3 Å². The minimum absolute atomic E-state index is 0.0433. The van der Waals surface area contributed by atoms with Gasteiger partial charge in [-0.25, -0.2) is 0 Å². The second-order valence-corrected chi connectivity index (χ2v) is 8.38. The van der Waals surface area contributed by atoms with Gasteiger partial charge in [-0.2, -0.15) is 0 Å². The molecule has 3 aromatic rings. The second kappa shape index (κ2) is 11.0. The number of aromatic amines is 1. The summed E-state index contributed by atoms with van der Waals surface area (Å²) < 4.78 is 0.